The number of halogens is 4. The number of alkyl halides is 3. The lowest BCUT2D eigenvalue weighted by molar-refractivity contribution is -0.138. The van der Waals surface area contributed by atoms with E-state index in [4.69, 9.17) is 5.26 Å². The summed E-state index contributed by atoms with van der Waals surface area (Å²) in [6, 6.07) is 4.24. The standard InChI is InChI=1S/C9H5F3IN/c1-5-7(13)3-2-6(4-14)8(5)9(10,11)12/h2-3H,1H3. The fraction of sp³-hybridized carbons (Fsp3) is 0.222. The highest BCUT2D eigenvalue weighted by Gasteiger charge is 2.35. The molecule has 1 aromatic carbocycles. The Kier molecular flexibility index (Phi) is 3.04. The van der Waals surface area contributed by atoms with Crippen LogP contribution in [0.2, 0.25) is 0 Å². The lowest BCUT2D eigenvalue weighted by atomic mass is 10.0. The first-order valence-corrected chi connectivity index (χ1v) is 4.72. The molecular formula is C9H5F3IN. The molecule has 0 unspecified atom stereocenters. The molecule has 1 rings (SSSR count). The summed E-state index contributed by atoms with van der Waals surface area (Å²) >= 11 is 1.81. The van der Waals surface area contributed by atoms with Crippen LogP contribution in [0.1, 0.15) is 16.7 Å². The fourth-order valence-corrected chi connectivity index (χ4v) is 1.59. The summed E-state index contributed by atoms with van der Waals surface area (Å²) in [6.07, 6.45) is -4.46. The zero-order valence-electron chi connectivity index (χ0n) is 7.11. The molecule has 0 amide bonds. The lowest BCUT2D eigenvalue weighted by Gasteiger charge is -2.12. The molecule has 0 heterocycles. The molecule has 0 bridgehead atoms. The summed E-state index contributed by atoms with van der Waals surface area (Å²) in [5.74, 6) is 0. The van der Waals surface area contributed by atoms with Crippen molar-refractivity contribution in [1.29, 1.82) is 5.26 Å². The average molecular weight is 311 g/mol. The van der Waals surface area contributed by atoms with Gasteiger partial charge in [0, 0.05) is 3.57 Å². The van der Waals surface area contributed by atoms with E-state index in [1.165, 1.54) is 19.1 Å². The van der Waals surface area contributed by atoms with E-state index < -0.39 is 11.7 Å². The SMILES string of the molecule is Cc1c(I)ccc(C#N)c1C(F)(F)F. The molecule has 0 saturated carbocycles. The highest BCUT2D eigenvalue weighted by molar-refractivity contribution is 14.1. The Morgan fingerprint density at radius 1 is 1.36 bits per heavy atom. The number of hydrogen-bond donors (Lipinski definition) is 0. The summed E-state index contributed by atoms with van der Waals surface area (Å²) < 4.78 is 38.1. The largest absolute Gasteiger partial charge is 0.417 e. The molecule has 0 aliphatic heterocycles. The van der Waals surface area contributed by atoms with Gasteiger partial charge < -0.3 is 0 Å². The Bertz CT molecular complexity index is 404. The summed E-state index contributed by atoms with van der Waals surface area (Å²) in [4.78, 5) is 0. The fourth-order valence-electron chi connectivity index (χ4n) is 1.14. The predicted molar refractivity (Wildman–Crippen MR) is 53.6 cm³/mol. The molecule has 0 atom stereocenters. The van der Waals surface area contributed by atoms with Gasteiger partial charge in [0.25, 0.3) is 0 Å². The average Bonchev–Trinajstić information content (AvgIpc) is 2.07. The Balaban J connectivity index is 3.54. The summed E-state index contributed by atoms with van der Waals surface area (Å²) in [7, 11) is 0. The monoisotopic (exact) mass is 311 g/mol. The second-order valence-electron chi connectivity index (χ2n) is 2.70. The van der Waals surface area contributed by atoms with Gasteiger partial charge in [0.1, 0.15) is 0 Å². The third-order valence-electron chi connectivity index (χ3n) is 1.80. The van der Waals surface area contributed by atoms with Gasteiger partial charge >= 0.3 is 6.18 Å². The van der Waals surface area contributed by atoms with Gasteiger partial charge in [0.15, 0.2) is 0 Å². The van der Waals surface area contributed by atoms with E-state index in [0.29, 0.717) is 3.57 Å². The van der Waals surface area contributed by atoms with Crippen molar-refractivity contribution in [3.63, 3.8) is 0 Å². The maximum atomic E-state index is 12.5. The third-order valence-corrected chi connectivity index (χ3v) is 2.97. The molecule has 0 N–H and O–H groups in total. The molecule has 0 spiro atoms. The van der Waals surface area contributed by atoms with Crippen LogP contribution in [0.25, 0.3) is 0 Å². The van der Waals surface area contributed by atoms with Crippen LogP contribution in [0.3, 0.4) is 0 Å². The topological polar surface area (TPSA) is 23.8 Å². The first-order chi connectivity index (χ1) is 6.38. The molecule has 0 aliphatic rings. The highest BCUT2D eigenvalue weighted by atomic mass is 127. The van der Waals surface area contributed by atoms with Crippen LogP contribution in [0.4, 0.5) is 13.2 Å². The summed E-state index contributed by atoms with van der Waals surface area (Å²) in [6.45, 7) is 1.37. The zero-order valence-corrected chi connectivity index (χ0v) is 9.27. The van der Waals surface area contributed by atoms with Crippen LogP contribution in [0.15, 0.2) is 12.1 Å². The summed E-state index contributed by atoms with van der Waals surface area (Å²) in [5, 5.41) is 8.54. The van der Waals surface area contributed by atoms with Crippen molar-refractivity contribution in [3.8, 4) is 6.07 Å². The molecule has 5 heteroatoms. The second-order valence-corrected chi connectivity index (χ2v) is 3.87. The van der Waals surface area contributed by atoms with Crippen LogP contribution in [0, 0.1) is 21.8 Å². The number of benzene rings is 1. The first kappa shape index (κ1) is 11.3. The third kappa shape index (κ3) is 2.00. The van der Waals surface area contributed by atoms with Crippen molar-refractivity contribution in [3.05, 3.63) is 32.4 Å². The number of nitriles is 1. The molecule has 1 nitrogen and oxygen atoms in total. The van der Waals surface area contributed by atoms with Crippen molar-refractivity contribution in [2.75, 3.05) is 0 Å². The maximum Gasteiger partial charge on any atom is 0.417 e. The predicted octanol–water partition coefficient (Wildman–Crippen LogP) is 3.49. The molecule has 0 aliphatic carbocycles. The van der Waals surface area contributed by atoms with E-state index >= 15 is 0 Å². The minimum atomic E-state index is -4.46. The van der Waals surface area contributed by atoms with Crippen LogP contribution < -0.4 is 0 Å². The highest BCUT2D eigenvalue weighted by Crippen LogP contribution is 2.35. The smallest absolute Gasteiger partial charge is 0.192 e. The first-order valence-electron chi connectivity index (χ1n) is 3.64. The van der Waals surface area contributed by atoms with E-state index in [2.05, 4.69) is 0 Å². The Morgan fingerprint density at radius 3 is 2.36 bits per heavy atom. The van der Waals surface area contributed by atoms with Gasteiger partial charge in [-0.2, -0.15) is 18.4 Å². The summed E-state index contributed by atoms with van der Waals surface area (Å²) in [5.41, 5.74) is -1.04. The molecule has 1 aromatic rings. The second kappa shape index (κ2) is 3.77. The van der Waals surface area contributed by atoms with Gasteiger partial charge in [-0.15, -0.1) is 0 Å². The van der Waals surface area contributed by atoms with Gasteiger partial charge in [0.2, 0.25) is 0 Å². The molecule has 0 radical (unpaired) electrons. The molecule has 14 heavy (non-hydrogen) atoms. The van der Waals surface area contributed by atoms with Gasteiger partial charge in [-0.05, 0) is 47.2 Å². The molecule has 74 valence electrons. The Labute approximate surface area is 92.7 Å². The van der Waals surface area contributed by atoms with E-state index in [-0.39, 0.29) is 11.1 Å². The van der Waals surface area contributed by atoms with Crippen LogP contribution in [-0.2, 0) is 6.18 Å². The number of nitrogens with zero attached hydrogens (tertiary/aromatic N) is 1. The Hall–Kier alpha value is -0.770. The minimum absolute atomic E-state index is 0.108. The number of rotatable bonds is 0. The van der Waals surface area contributed by atoms with Gasteiger partial charge in [-0.1, -0.05) is 0 Å². The van der Waals surface area contributed by atoms with E-state index in [9.17, 15) is 13.2 Å². The van der Waals surface area contributed by atoms with Crippen molar-refractivity contribution in [1.82, 2.24) is 0 Å². The van der Waals surface area contributed by atoms with Crippen LogP contribution >= 0.6 is 22.6 Å². The van der Waals surface area contributed by atoms with Crippen molar-refractivity contribution >= 4 is 22.6 Å². The van der Waals surface area contributed by atoms with Gasteiger partial charge in [-0.25, -0.2) is 0 Å². The van der Waals surface area contributed by atoms with Crippen molar-refractivity contribution in [2.45, 2.75) is 13.1 Å². The number of hydrogen-bond acceptors (Lipinski definition) is 1. The quantitative estimate of drug-likeness (QED) is 0.673. The normalized spacial score (nSPS) is 11.1. The van der Waals surface area contributed by atoms with Crippen LogP contribution in [0.5, 0.6) is 0 Å². The minimum Gasteiger partial charge on any atom is -0.192 e. The molecule has 0 fully saturated rings. The van der Waals surface area contributed by atoms with Crippen LogP contribution in [-0.4, -0.2) is 0 Å². The van der Waals surface area contributed by atoms with E-state index in [0.717, 1.165) is 0 Å². The van der Waals surface area contributed by atoms with Crippen molar-refractivity contribution < 1.29 is 13.2 Å². The van der Waals surface area contributed by atoms with Gasteiger partial charge in [-0.3, -0.25) is 0 Å². The lowest BCUT2D eigenvalue weighted by Crippen LogP contribution is -2.11. The van der Waals surface area contributed by atoms with Crippen molar-refractivity contribution in [2.24, 2.45) is 0 Å². The zero-order chi connectivity index (χ0) is 10.9. The van der Waals surface area contributed by atoms with E-state index in [1.54, 1.807) is 6.07 Å². The molecular weight excluding hydrogens is 306 g/mol. The molecule has 0 aromatic heterocycles. The Morgan fingerprint density at radius 2 is 1.93 bits per heavy atom. The van der Waals surface area contributed by atoms with E-state index in [1.807, 2.05) is 22.6 Å². The van der Waals surface area contributed by atoms with Gasteiger partial charge in [0.05, 0.1) is 17.2 Å². The molecule has 0 saturated heterocycles. The maximum absolute atomic E-state index is 12.5.